The number of amides is 2. The van der Waals surface area contributed by atoms with E-state index in [0.29, 0.717) is 23.8 Å². The zero-order valence-corrected chi connectivity index (χ0v) is 12.8. The van der Waals surface area contributed by atoms with Gasteiger partial charge in [-0.3, -0.25) is 0 Å². The Balaban J connectivity index is 1.88. The first-order valence-corrected chi connectivity index (χ1v) is 6.80. The average molecular weight is 317 g/mol. The van der Waals surface area contributed by atoms with Crippen molar-refractivity contribution >= 4 is 11.7 Å². The summed E-state index contributed by atoms with van der Waals surface area (Å²) in [6.07, 6.45) is 1.48. The lowest BCUT2D eigenvalue weighted by atomic mass is 10.2. The fourth-order valence-corrected chi connectivity index (χ4v) is 1.81. The molecule has 7 nitrogen and oxygen atoms in total. The van der Waals surface area contributed by atoms with Crippen molar-refractivity contribution in [3.63, 3.8) is 0 Å². The van der Waals surface area contributed by atoms with E-state index in [1.54, 1.807) is 6.07 Å². The second kappa shape index (κ2) is 7.38. The summed E-state index contributed by atoms with van der Waals surface area (Å²) in [5.41, 5.74) is 0.787. The number of nitrogens with one attached hydrogen (secondary N) is 2. The molecule has 0 aliphatic rings. The number of aromatic nitrogens is 1. The molecule has 2 N–H and O–H groups in total. The Bertz CT molecular complexity index is 736. The van der Waals surface area contributed by atoms with E-state index in [0.717, 1.165) is 6.07 Å². The minimum Gasteiger partial charge on any atom is -0.447 e. The van der Waals surface area contributed by atoms with Crippen molar-refractivity contribution in [2.24, 2.45) is 0 Å². The van der Waals surface area contributed by atoms with Crippen molar-refractivity contribution in [1.82, 2.24) is 15.2 Å². The second-order valence-electron chi connectivity index (χ2n) is 5.08. The van der Waals surface area contributed by atoms with Gasteiger partial charge < -0.3 is 20.0 Å². The maximum atomic E-state index is 13.2. The lowest BCUT2D eigenvalue weighted by Gasteiger charge is -2.07. The Kier molecular flexibility index (Phi) is 5.28. The van der Waals surface area contributed by atoms with E-state index < -0.39 is 11.8 Å². The fraction of sp³-hybridized carbons (Fsp3) is 0.267. The van der Waals surface area contributed by atoms with Crippen LogP contribution in [0.15, 0.2) is 28.9 Å². The van der Waals surface area contributed by atoms with Gasteiger partial charge in [0.25, 0.3) is 0 Å². The fourth-order valence-electron chi connectivity index (χ4n) is 1.81. The average Bonchev–Trinajstić information content (AvgIpc) is 2.94. The zero-order chi connectivity index (χ0) is 16.8. The quantitative estimate of drug-likeness (QED) is 0.880. The number of nitrogens with zero attached hydrogens (tertiary/aromatic N) is 3. The third kappa shape index (κ3) is 4.79. The molecule has 1 aromatic heterocycles. The van der Waals surface area contributed by atoms with Crippen molar-refractivity contribution in [2.45, 2.75) is 13.1 Å². The lowest BCUT2D eigenvalue weighted by Crippen LogP contribution is -2.28. The van der Waals surface area contributed by atoms with Gasteiger partial charge in [-0.05, 0) is 32.3 Å². The molecule has 0 spiro atoms. The molecule has 0 aliphatic carbocycles. The number of rotatable bonds is 5. The van der Waals surface area contributed by atoms with Gasteiger partial charge in [0, 0.05) is 5.69 Å². The zero-order valence-electron chi connectivity index (χ0n) is 12.8. The summed E-state index contributed by atoms with van der Waals surface area (Å²) in [4.78, 5) is 17.9. The van der Waals surface area contributed by atoms with E-state index in [9.17, 15) is 9.18 Å². The van der Waals surface area contributed by atoms with Crippen molar-refractivity contribution in [2.75, 3.05) is 19.4 Å². The van der Waals surface area contributed by atoms with E-state index in [2.05, 4.69) is 15.6 Å². The molecule has 2 rings (SSSR count). The molecule has 0 unspecified atom stereocenters. The van der Waals surface area contributed by atoms with Crippen LogP contribution in [0.25, 0.3) is 0 Å². The molecule has 0 fully saturated rings. The third-order valence-corrected chi connectivity index (χ3v) is 2.83. The van der Waals surface area contributed by atoms with Gasteiger partial charge in [0.05, 0.1) is 24.3 Å². The van der Waals surface area contributed by atoms with Gasteiger partial charge >= 0.3 is 6.03 Å². The Morgan fingerprint density at radius 2 is 2.26 bits per heavy atom. The lowest BCUT2D eigenvalue weighted by molar-refractivity contribution is 0.251. The molecule has 2 amide bonds. The molecule has 2 aromatic rings. The summed E-state index contributed by atoms with van der Waals surface area (Å²) in [6, 6.07) is 4.99. The van der Waals surface area contributed by atoms with Crippen LogP contribution < -0.4 is 10.6 Å². The Labute approximate surface area is 132 Å². The number of hydrogen-bond donors (Lipinski definition) is 2. The van der Waals surface area contributed by atoms with E-state index in [1.807, 2.05) is 19.0 Å². The van der Waals surface area contributed by atoms with E-state index >= 15 is 0 Å². The molecule has 1 aromatic carbocycles. The maximum Gasteiger partial charge on any atom is 0.319 e. The van der Waals surface area contributed by atoms with Crippen molar-refractivity contribution < 1.29 is 13.6 Å². The Hall–Kier alpha value is -2.92. The van der Waals surface area contributed by atoms with Crippen LogP contribution in [0.5, 0.6) is 0 Å². The van der Waals surface area contributed by atoms with Crippen molar-refractivity contribution in [3.8, 4) is 6.07 Å². The molecule has 0 radical (unpaired) electrons. The van der Waals surface area contributed by atoms with Gasteiger partial charge in [-0.15, -0.1) is 0 Å². The van der Waals surface area contributed by atoms with Gasteiger partial charge in [0.2, 0.25) is 5.89 Å². The molecule has 120 valence electrons. The summed E-state index contributed by atoms with van der Waals surface area (Å²) in [7, 11) is 3.79. The highest BCUT2D eigenvalue weighted by Crippen LogP contribution is 2.13. The van der Waals surface area contributed by atoms with Crippen molar-refractivity contribution in [3.05, 3.63) is 47.4 Å². The molecule has 0 bridgehead atoms. The van der Waals surface area contributed by atoms with Crippen LogP contribution in [0.3, 0.4) is 0 Å². The Morgan fingerprint density at radius 1 is 1.48 bits per heavy atom. The summed E-state index contributed by atoms with van der Waals surface area (Å²) < 4.78 is 18.5. The monoisotopic (exact) mass is 317 g/mol. The predicted octanol–water partition coefficient (Wildman–Crippen LogP) is 2.07. The molecule has 0 saturated carbocycles. The minimum absolute atomic E-state index is 0.132. The summed E-state index contributed by atoms with van der Waals surface area (Å²) >= 11 is 0. The van der Waals surface area contributed by atoms with Crippen LogP contribution in [0.4, 0.5) is 14.9 Å². The molecule has 8 heteroatoms. The van der Waals surface area contributed by atoms with Crippen LogP contribution >= 0.6 is 0 Å². The van der Waals surface area contributed by atoms with Crippen molar-refractivity contribution in [1.29, 1.82) is 5.26 Å². The highest BCUT2D eigenvalue weighted by Gasteiger charge is 2.08. The molecule has 0 atom stereocenters. The van der Waals surface area contributed by atoms with Gasteiger partial charge in [0.15, 0.2) is 0 Å². The first kappa shape index (κ1) is 16.5. The van der Waals surface area contributed by atoms with Gasteiger partial charge in [0.1, 0.15) is 18.1 Å². The van der Waals surface area contributed by atoms with Gasteiger partial charge in [-0.1, -0.05) is 0 Å². The number of urea groups is 1. The molecule has 23 heavy (non-hydrogen) atoms. The SMILES string of the molecule is CN(C)Cc1nc(CNC(=O)Nc2ccc(F)c(C#N)c2)co1. The highest BCUT2D eigenvalue weighted by atomic mass is 19.1. The molecule has 0 aliphatic heterocycles. The molecular formula is C15H16FN5O2. The van der Waals surface area contributed by atoms with Crippen LogP contribution in [0.1, 0.15) is 17.1 Å². The standard InChI is InChI=1S/C15H16FN5O2/c1-21(2)8-14-19-12(9-23-14)7-18-15(22)20-11-3-4-13(16)10(5-11)6-17/h3-5,9H,7-8H2,1-2H3,(H2,18,20,22). The third-order valence-electron chi connectivity index (χ3n) is 2.83. The molecule has 1 heterocycles. The topological polar surface area (TPSA) is 94.2 Å². The number of halogens is 1. The first-order valence-electron chi connectivity index (χ1n) is 6.80. The number of carbonyl (C=O) groups is 1. The number of hydrogen-bond acceptors (Lipinski definition) is 5. The highest BCUT2D eigenvalue weighted by molar-refractivity contribution is 5.89. The van der Waals surface area contributed by atoms with E-state index in [4.69, 9.17) is 9.68 Å². The number of oxazole rings is 1. The second-order valence-corrected chi connectivity index (χ2v) is 5.08. The summed E-state index contributed by atoms with van der Waals surface area (Å²) in [6.45, 7) is 0.758. The number of benzene rings is 1. The van der Waals surface area contributed by atoms with Crippen LogP contribution in [-0.4, -0.2) is 30.0 Å². The van der Waals surface area contributed by atoms with Crippen LogP contribution in [-0.2, 0) is 13.1 Å². The number of anilines is 1. The van der Waals surface area contributed by atoms with Crippen LogP contribution in [0, 0.1) is 17.1 Å². The van der Waals surface area contributed by atoms with E-state index in [-0.39, 0.29) is 12.1 Å². The largest absolute Gasteiger partial charge is 0.447 e. The Morgan fingerprint density at radius 3 is 2.96 bits per heavy atom. The normalized spacial score (nSPS) is 10.4. The first-order chi connectivity index (χ1) is 11.0. The van der Waals surface area contributed by atoms with E-state index in [1.165, 1.54) is 18.4 Å². The summed E-state index contributed by atoms with van der Waals surface area (Å²) in [5.74, 6) is -0.0705. The molecule has 0 saturated heterocycles. The number of carbonyl (C=O) groups excluding carboxylic acids is 1. The van der Waals surface area contributed by atoms with Gasteiger partial charge in [-0.25, -0.2) is 14.2 Å². The van der Waals surface area contributed by atoms with Crippen LogP contribution in [0.2, 0.25) is 0 Å². The predicted molar refractivity (Wildman–Crippen MR) is 80.9 cm³/mol. The van der Waals surface area contributed by atoms with Gasteiger partial charge in [-0.2, -0.15) is 5.26 Å². The minimum atomic E-state index is -0.630. The summed E-state index contributed by atoms with van der Waals surface area (Å²) in [5, 5.41) is 13.9. The smallest absolute Gasteiger partial charge is 0.319 e. The number of nitriles is 1. The molecular weight excluding hydrogens is 301 g/mol. The maximum absolute atomic E-state index is 13.2.